The molecule has 118 valence electrons. The normalized spacial score (nSPS) is 13.3. The molecular weight excluding hydrogens is 296 g/mol. The van der Waals surface area contributed by atoms with Crippen LogP contribution in [0.5, 0.6) is 0 Å². The number of fused-ring (bicyclic) bond motifs is 1. The van der Waals surface area contributed by atoms with Gasteiger partial charge >= 0.3 is 12.1 Å². The van der Waals surface area contributed by atoms with Gasteiger partial charge in [-0.3, -0.25) is 0 Å². The third-order valence-corrected chi connectivity index (χ3v) is 3.82. The van der Waals surface area contributed by atoms with Crippen molar-refractivity contribution in [1.29, 1.82) is 0 Å². The number of amides is 1. The van der Waals surface area contributed by atoms with Crippen LogP contribution >= 0.6 is 0 Å². The Morgan fingerprint density at radius 1 is 1.22 bits per heavy atom. The van der Waals surface area contributed by atoms with Crippen molar-refractivity contribution in [3.8, 4) is 0 Å². The van der Waals surface area contributed by atoms with Gasteiger partial charge in [0.15, 0.2) is 5.69 Å². The number of carbonyl (C=O) groups is 2. The van der Waals surface area contributed by atoms with E-state index in [1.807, 2.05) is 30.3 Å². The Bertz CT molecular complexity index is 731. The summed E-state index contributed by atoms with van der Waals surface area (Å²) < 4.78 is 5.30. The van der Waals surface area contributed by atoms with Gasteiger partial charge in [-0.05, 0) is 23.6 Å². The van der Waals surface area contributed by atoms with Crippen molar-refractivity contribution in [2.45, 2.75) is 19.6 Å². The Kier molecular flexibility index (Phi) is 4.23. The van der Waals surface area contributed by atoms with Gasteiger partial charge in [0.2, 0.25) is 0 Å². The standard InChI is InChI=1S/C17H16N2O4/c20-16(21)15-14-10-19(9-7-13(14)6-8-18-15)17(22)23-11-12-4-2-1-3-5-12/h1-6,8H,7,9-11H2,(H,20,21). The predicted molar refractivity (Wildman–Crippen MR) is 81.9 cm³/mol. The van der Waals surface area contributed by atoms with E-state index in [1.54, 1.807) is 6.07 Å². The Morgan fingerprint density at radius 2 is 2.00 bits per heavy atom. The molecule has 0 aliphatic carbocycles. The molecule has 6 nitrogen and oxygen atoms in total. The summed E-state index contributed by atoms with van der Waals surface area (Å²) in [5.74, 6) is -1.08. The molecule has 1 N–H and O–H groups in total. The van der Waals surface area contributed by atoms with Crippen LogP contribution in [0.3, 0.4) is 0 Å². The highest BCUT2D eigenvalue weighted by molar-refractivity contribution is 5.87. The lowest BCUT2D eigenvalue weighted by molar-refractivity contribution is 0.0681. The quantitative estimate of drug-likeness (QED) is 0.942. The highest BCUT2D eigenvalue weighted by Crippen LogP contribution is 2.22. The maximum absolute atomic E-state index is 12.2. The first-order valence-corrected chi connectivity index (χ1v) is 7.31. The van der Waals surface area contributed by atoms with Crippen molar-refractivity contribution >= 4 is 12.1 Å². The Balaban J connectivity index is 1.69. The average Bonchev–Trinajstić information content (AvgIpc) is 2.59. The van der Waals surface area contributed by atoms with Gasteiger partial charge in [0.25, 0.3) is 0 Å². The minimum absolute atomic E-state index is 0.00283. The van der Waals surface area contributed by atoms with E-state index in [1.165, 1.54) is 11.1 Å². The lowest BCUT2D eigenvalue weighted by atomic mass is 9.99. The maximum atomic E-state index is 12.2. The van der Waals surface area contributed by atoms with Crippen LogP contribution in [0.1, 0.15) is 27.2 Å². The molecule has 0 radical (unpaired) electrons. The molecule has 0 spiro atoms. The topological polar surface area (TPSA) is 79.7 Å². The first-order valence-electron chi connectivity index (χ1n) is 7.31. The van der Waals surface area contributed by atoms with Crippen LogP contribution in [0.4, 0.5) is 4.79 Å². The second kappa shape index (κ2) is 6.48. The third-order valence-electron chi connectivity index (χ3n) is 3.82. The number of pyridine rings is 1. The molecular formula is C17H16N2O4. The molecule has 0 unspecified atom stereocenters. The van der Waals surface area contributed by atoms with Gasteiger partial charge in [-0.2, -0.15) is 0 Å². The van der Waals surface area contributed by atoms with Gasteiger partial charge in [0.05, 0.1) is 6.54 Å². The Hall–Kier alpha value is -2.89. The zero-order chi connectivity index (χ0) is 16.2. The fourth-order valence-electron chi connectivity index (χ4n) is 2.62. The van der Waals surface area contributed by atoms with Gasteiger partial charge in [-0.1, -0.05) is 30.3 Å². The van der Waals surface area contributed by atoms with Crippen molar-refractivity contribution in [1.82, 2.24) is 9.88 Å². The van der Waals surface area contributed by atoms with E-state index in [0.717, 1.165) is 11.1 Å². The minimum atomic E-state index is -1.08. The number of aromatic nitrogens is 1. The van der Waals surface area contributed by atoms with E-state index < -0.39 is 12.1 Å². The second-order valence-corrected chi connectivity index (χ2v) is 5.31. The molecule has 23 heavy (non-hydrogen) atoms. The van der Waals surface area contributed by atoms with Crippen molar-refractivity contribution in [2.75, 3.05) is 6.54 Å². The van der Waals surface area contributed by atoms with Crippen LogP contribution in [-0.2, 0) is 24.3 Å². The molecule has 2 heterocycles. The Morgan fingerprint density at radius 3 is 2.74 bits per heavy atom. The number of carboxylic acids is 1. The van der Waals surface area contributed by atoms with E-state index >= 15 is 0 Å². The molecule has 3 rings (SSSR count). The molecule has 6 heteroatoms. The Labute approximate surface area is 133 Å². The lowest BCUT2D eigenvalue weighted by Crippen LogP contribution is -2.37. The predicted octanol–water partition coefficient (Wildman–Crippen LogP) is 2.47. The molecule has 0 atom stereocenters. The fraction of sp³-hybridized carbons (Fsp3) is 0.235. The smallest absolute Gasteiger partial charge is 0.410 e. The molecule has 1 aromatic carbocycles. The zero-order valence-electron chi connectivity index (χ0n) is 12.4. The maximum Gasteiger partial charge on any atom is 0.410 e. The van der Waals surface area contributed by atoms with E-state index in [2.05, 4.69) is 4.98 Å². The first kappa shape index (κ1) is 15.0. The lowest BCUT2D eigenvalue weighted by Gasteiger charge is -2.28. The highest BCUT2D eigenvalue weighted by atomic mass is 16.6. The van der Waals surface area contributed by atoms with E-state index in [9.17, 15) is 14.7 Å². The van der Waals surface area contributed by atoms with Gasteiger partial charge in [-0.25, -0.2) is 14.6 Å². The van der Waals surface area contributed by atoms with Gasteiger partial charge in [-0.15, -0.1) is 0 Å². The minimum Gasteiger partial charge on any atom is -0.477 e. The van der Waals surface area contributed by atoms with Gasteiger partial charge < -0.3 is 14.7 Å². The van der Waals surface area contributed by atoms with Crippen LogP contribution in [-0.4, -0.2) is 33.6 Å². The van der Waals surface area contributed by atoms with Crippen LogP contribution in [0.25, 0.3) is 0 Å². The number of benzene rings is 1. The molecule has 1 aliphatic heterocycles. The first-order chi connectivity index (χ1) is 11.1. The van der Waals surface area contributed by atoms with Crippen molar-refractivity contribution in [3.05, 3.63) is 65.0 Å². The molecule has 0 saturated heterocycles. The largest absolute Gasteiger partial charge is 0.477 e. The molecule has 0 bridgehead atoms. The van der Waals surface area contributed by atoms with E-state index in [0.29, 0.717) is 18.5 Å². The summed E-state index contributed by atoms with van der Waals surface area (Å²) in [6, 6.07) is 11.2. The highest BCUT2D eigenvalue weighted by Gasteiger charge is 2.26. The molecule has 1 aromatic heterocycles. The van der Waals surface area contributed by atoms with Crippen LogP contribution < -0.4 is 0 Å². The molecule has 0 fully saturated rings. The number of carbonyl (C=O) groups excluding carboxylic acids is 1. The molecule has 0 saturated carbocycles. The summed E-state index contributed by atoms with van der Waals surface area (Å²) in [5, 5.41) is 9.22. The second-order valence-electron chi connectivity index (χ2n) is 5.31. The van der Waals surface area contributed by atoms with Gasteiger partial charge in [0.1, 0.15) is 6.61 Å². The fourth-order valence-corrected chi connectivity index (χ4v) is 2.62. The van der Waals surface area contributed by atoms with Crippen molar-refractivity contribution < 1.29 is 19.4 Å². The van der Waals surface area contributed by atoms with Crippen LogP contribution in [0, 0.1) is 0 Å². The summed E-state index contributed by atoms with van der Waals surface area (Å²) in [6.45, 7) is 0.907. The summed E-state index contributed by atoms with van der Waals surface area (Å²) in [7, 11) is 0. The summed E-state index contributed by atoms with van der Waals surface area (Å²) in [5.41, 5.74) is 2.42. The molecule has 2 aromatic rings. The van der Waals surface area contributed by atoms with E-state index in [4.69, 9.17) is 4.74 Å². The van der Waals surface area contributed by atoms with Crippen LogP contribution in [0.2, 0.25) is 0 Å². The zero-order valence-corrected chi connectivity index (χ0v) is 12.4. The molecule has 1 amide bonds. The number of hydrogen-bond acceptors (Lipinski definition) is 4. The van der Waals surface area contributed by atoms with Gasteiger partial charge in [0, 0.05) is 18.3 Å². The third kappa shape index (κ3) is 3.31. The number of ether oxygens (including phenoxy) is 1. The monoisotopic (exact) mass is 312 g/mol. The van der Waals surface area contributed by atoms with E-state index in [-0.39, 0.29) is 18.8 Å². The SMILES string of the molecule is O=C(O)c1nccc2c1CN(C(=O)OCc1ccccc1)CC2. The van der Waals surface area contributed by atoms with Crippen molar-refractivity contribution in [3.63, 3.8) is 0 Å². The molecule has 1 aliphatic rings. The average molecular weight is 312 g/mol. The number of carboxylic acid groups (broad SMARTS) is 1. The van der Waals surface area contributed by atoms with Crippen molar-refractivity contribution in [2.24, 2.45) is 0 Å². The summed E-state index contributed by atoms with van der Waals surface area (Å²) in [4.78, 5) is 28.9. The number of nitrogens with zero attached hydrogens (tertiary/aromatic N) is 2. The number of hydrogen-bond donors (Lipinski definition) is 1. The summed E-state index contributed by atoms with van der Waals surface area (Å²) >= 11 is 0. The number of rotatable bonds is 3. The number of aromatic carboxylic acids is 1. The summed E-state index contributed by atoms with van der Waals surface area (Å²) in [6.07, 6.45) is 1.64. The van der Waals surface area contributed by atoms with Crippen LogP contribution in [0.15, 0.2) is 42.6 Å².